The molecule has 1 atom stereocenters. The predicted octanol–water partition coefficient (Wildman–Crippen LogP) is 1.38. The van der Waals surface area contributed by atoms with Crippen LogP contribution in [0, 0.1) is 0 Å². The van der Waals surface area contributed by atoms with Gasteiger partial charge in [0.2, 0.25) is 5.91 Å². The molecule has 0 saturated carbocycles. The molecule has 1 aromatic carbocycles. The quantitative estimate of drug-likeness (QED) is 0.760. The van der Waals surface area contributed by atoms with Crippen molar-refractivity contribution in [3.05, 3.63) is 42.0 Å². The number of methoxy groups -OCH3 is 1. The van der Waals surface area contributed by atoms with Gasteiger partial charge in [0.15, 0.2) is 0 Å². The van der Waals surface area contributed by atoms with E-state index in [1.807, 2.05) is 31.2 Å². The van der Waals surface area contributed by atoms with Gasteiger partial charge in [-0.25, -0.2) is 4.79 Å². The van der Waals surface area contributed by atoms with E-state index in [4.69, 9.17) is 9.84 Å². The molecule has 0 radical (unpaired) electrons. The van der Waals surface area contributed by atoms with E-state index >= 15 is 0 Å². The molecule has 19 heavy (non-hydrogen) atoms. The first kappa shape index (κ1) is 14.8. The standard InChI is InChI=1S/C14H17NO4/c1-10(15-13(16)7-8-14(17)18)9-11-5-3-4-6-12(11)19-2/h3-8,10H,9H2,1-2H3,(H,15,16)(H,17,18)/b8-7+. The summed E-state index contributed by atoms with van der Waals surface area (Å²) in [6, 6.07) is 7.43. The molecule has 1 rings (SSSR count). The highest BCUT2D eigenvalue weighted by atomic mass is 16.5. The average Bonchev–Trinajstić information content (AvgIpc) is 2.37. The molecule has 1 amide bonds. The fraction of sp³-hybridized carbons (Fsp3) is 0.286. The molecule has 0 bridgehead atoms. The lowest BCUT2D eigenvalue weighted by atomic mass is 10.1. The maximum absolute atomic E-state index is 11.4. The largest absolute Gasteiger partial charge is 0.496 e. The number of para-hydroxylation sites is 1. The van der Waals surface area contributed by atoms with Crippen molar-refractivity contribution in [1.29, 1.82) is 0 Å². The van der Waals surface area contributed by atoms with Crippen molar-refractivity contribution in [3.63, 3.8) is 0 Å². The normalized spacial score (nSPS) is 12.1. The molecule has 1 unspecified atom stereocenters. The molecule has 5 nitrogen and oxygen atoms in total. The van der Waals surface area contributed by atoms with Gasteiger partial charge in [-0.3, -0.25) is 4.79 Å². The molecule has 102 valence electrons. The lowest BCUT2D eigenvalue weighted by Crippen LogP contribution is -2.33. The van der Waals surface area contributed by atoms with E-state index < -0.39 is 11.9 Å². The zero-order valence-electron chi connectivity index (χ0n) is 10.9. The van der Waals surface area contributed by atoms with Crippen LogP contribution in [0.25, 0.3) is 0 Å². The smallest absolute Gasteiger partial charge is 0.328 e. The van der Waals surface area contributed by atoms with Crippen LogP contribution in [-0.2, 0) is 16.0 Å². The number of hydrogen-bond acceptors (Lipinski definition) is 3. The zero-order valence-corrected chi connectivity index (χ0v) is 10.9. The Morgan fingerprint density at radius 3 is 2.68 bits per heavy atom. The number of amides is 1. The first-order chi connectivity index (χ1) is 9.02. The number of rotatable bonds is 6. The third kappa shape index (κ3) is 5.25. The number of carboxylic acids is 1. The Morgan fingerprint density at radius 1 is 1.37 bits per heavy atom. The van der Waals surface area contributed by atoms with Gasteiger partial charge < -0.3 is 15.2 Å². The van der Waals surface area contributed by atoms with Gasteiger partial charge in [-0.15, -0.1) is 0 Å². The first-order valence-electron chi connectivity index (χ1n) is 5.86. The molecular formula is C14H17NO4. The molecule has 0 heterocycles. The van der Waals surface area contributed by atoms with Crippen molar-refractivity contribution in [1.82, 2.24) is 5.32 Å². The van der Waals surface area contributed by atoms with Gasteiger partial charge in [-0.2, -0.15) is 0 Å². The summed E-state index contributed by atoms with van der Waals surface area (Å²) < 4.78 is 5.23. The maximum Gasteiger partial charge on any atom is 0.328 e. The zero-order chi connectivity index (χ0) is 14.3. The number of carbonyl (C=O) groups excluding carboxylic acids is 1. The molecule has 0 fully saturated rings. The summed E-state index contributed by atoms with van der Waals surface area (Å²) in [5.74, 6) is -0.804. The summed E-state index contributed by atoms with van der Waals surface area (Å²) in [4.78, 5) is 21.7. The summed E-state index contributed by atoms with van der Waals surface area (Å²) >= 11 is 0. The Labute approximate surface area is 111 Å². The fourth-order valence-electron chi connectivity index (χ4n) is 1.69. The van der Waals surface area contributed by atoms with Gasteiger partial charge in [0.05, 0.1) is 7.11 Å². The summed E-state index contributed by atoms with van der Waals surface area (Å²) in [5.41, 5.74) is 0.986. The summed E-state index contributed by atoms with van der Waals surface area (Å²) in [7, 11) is 1.59. The summed E-state index contributed by atoms with van der Waals surface area (Å²) in [6.07, 6.45) is 2.42. The van der Waals surface area contributed by atoms with Gasteiger partial charge in [0.1, 0.15) is 5.75 Å². The van der Waals surface area contributed by atoms with Gasteiger partial charge in [0.25, 0.3) is 0 Å². The van der Waals surface area contributed by atoms with Crippen molar-refractivity contribution in [2.75, 3.05) is 7.11 Å². The Kier molecular flexibility index (Phi) is 5.60. The van der Waals surface area contributed by atoms with Gasteiger partial charge in [0, 0.05) is 18.2 Å². The van der Waals surface area contributed by atoms with Crippen molar-refractivity contribution in [2.45, 2.75) is 19.4 Å². The molecule has 5 heteroatoms. The van der Waals surface area contributed by atoms with E-state index in [0.717, 1.165) is 23.5 Å². The van der Waals surface area contributed by atoms with Crippen LogP contribution in [0.15, 0.2) is 36.4 Å². The Morgan fingerprint density at radius 2 is 2.05 bits per heavy atom. The summed E-state index contributed by atoms with van der Waals surface area (Å²) in [6.45, 7) is 1.85. The highest BCUT2D eigenvalue weighted by Gasteiger charge is 2.09. The van der Waals surface area contributed by atoms with Crippen LogP contribution in [0.1, 0.15) is 12.5 Å². The fourth-order valence-corrected chi connectivity index (χ4v) is 1.69. The Balaban J connectivity index is 2.57. The van der Waals surface area contributed by atoms with E-state index in [1.54, 1.807) is 7.11 Å². The first-order valence-corrected chi connectivity index (χ1v) is 5.86. The van der Waals surface area contributed by atoms with E-state index in [-0.39, 0.29) is 6.04 Å². The molecule has 0 spiro atoms. The van der Waals surface area contributed by atoms with Gasteiger partial charge in [-0.05, 0) is 25.0 Å². The monoisotopic (exact) mass is 263 g/mol. The highest BCUT2D eigenvalue weighted by Crippen LogP contribution is 2.18. The number of hydrogen-bond donors (Lipinski definition) is 2. The molecule has 2 N–H and O–H groups in total. The lowest BCUT2D eigenvalue weighted by molar-refractivity contribution is -0.131. The number of ether oxygens (including phenoxy) is 1. The van der Waals surface area contributed by atoms with Crippen LogP contribution < -0.4 is 10.1 Å². The van der Waals surface area contributed by atoms with Crippen LogP contribution in [0.2, 0.25) is 0 Å². The number of nitrogens with one attached hydrogen (secondary N) is 1. The van der Waals surface area contributed by atoms with Crippen LogP contribution in [0.5, 0.6) is 5.75 Å². The van der Waals surface area contributed by atoms with Crippen LogP contribution in [0.3, 0.4) is 0 Å². The van der Waals surface area contributed by atoms with E-state index in [1.165, 1.54) is 0 Å². The van der Waals surface area contributed by atoms with Crippen LogP contribution in [0.4, 0.5) is 0 Å². The second kappa shape index (κ2) is 7.20. The molecule has 0 aromatic heterocycles. The van der Waals surface area contributed by atoms with E-state index in [0.29, 0.717) is 6.42 Å². The van der Waals surface area contributed by atoms with E-state index in [2.05, 4.69) is 5.32 Å². The molecular weight excluding hydrogens is 246 g/mol. The SMILES string of the molecule is COc1ccccc1CC(C)NC(=O)/C=C/C(=O)O. The number of carboxylic acid groups (broad SMARTS) is 1. The molecule has 0 saturated heterocycles. The molecule has 0 aliphatic carbocycles. The second-order valence-electron chi connectivity index (χ2n) is 4.10. The molecule has 1 aromatic rings. The lowest BCUT2D eigenvalue weighted by Gasteiger charge is -2.14. The minimum atomic E-state index is -1.15. The Bertz CT molecular complexity index is 482. The Hall–Kier alpha value is -2.30. The van der Waals surface area contributed by atoms with Crippen LogP contribution in [-0.4, -0.2) is 30.1 Å². The van der Waals surface area contributed by atoms with Crippen molar-refractivity contribution in [3.8, 4) is 5.75 Å². The topological polar surface area (TPSA) is 75.6 Å². The van der Waals surface area contributed by atoms with E-state index in [9.17, 15) is 9.59 Å². The highest BCUT2D eigenvalue weighted by molar-refractivity contribution is 5.93. The van der Waals surface area contributed by atoms with Gasteiger partial charge >= 0.3 is 5.97 Å². The van der Waals surface area contributed by atoms with Crippen molar-refractivity contribution in [2.24, 2.45) is 0 Å². The average molecular weight is 263 g/mol. The second-order valence-corrected chi connectivity index (χ2v) is 4.10. The molecule has 0 aliphatic heterocycles. The van der Waals surface area contributed by atoms with Crippen molar-refractivity contribution >= 4 is 11.9 Å². The van der Waals surface area contributed by atoms with Crippen LogP contribution >= 0.6 is 0 Å². The number of benzene rings is 1. The molecule has 0 aliphatic rings. The minimum absolute atomic E-state index is 0.123. The third-order valence-corrected chi connectivity index (χ3v) is 2.48. The van der Waals surface area contributed by atoms with Crippen molar-refractivity contribution < 1.29 is 19.4 Å². The number of carbonyl (C=O) groups is 2. The third-order valence-electron chi connectivity index (χ3n) is 2.48. The number of aliphatic carboxylic acids is 1. The predicted molar refractivity (Wildman–Crippen MR) is 71.1 cm³/mol. The summed E-state index contributed by atoms with van der Waals surface area (Å²) in [5, 5.41) is 11.1. The minimum Gasteiger partial charge on any atom is -0.496 e. The van der Waals surface area contributed by atoms with Gasteiger partial charge in [-0.1, -0.05) is 18.2 Å². The maximum atomic E-state index is 11.4.